The van der Waals surface area contributed by atoms with Crippen molar-refractivity contribution in [3.8, 4) is 11.5 Å². The molecule has 4 heterocycles. The van der Waals surface area contributed by atoms with E-state index < -0.39 is 120 Å². The number of hydroxylamine groups is 2. The van der Waals surface area contributed by atoms with E-state index in [-0.39, 0.29) is 67.2 Å². The first-order valence-electron chi connectivity index (χ1n) is 28.0. The van der Waals surface area contributed by atoms with Crippen molar-refractivity contribution in [2.75, 3.05) is 57.6 Å². The summed E-state index contributed by atoms with van der Waals surface area (Å²) in [6, 6.07) is 4.70. The smallest absolute Gasteiger partial charge is 0.412 e. The first-order valence-corrected chi connectivity index (χ1v) is 28.3. The van der Waals surface area contributed by atoms with E-state index in [1.165, 1.54) is 58.6 Å². The molecule has 0 aromatic heterocycles. The Bertz CT molecular complexity index is 2950. The Morgan fingerprint density at radius 1 is 0.942 bits per heavy atom. The molecule has 0 saturated carbocycles. The second-order valence-corrected chi connectivity index (χ2v) is 22.0. The van der Waals surface area contributed by atoms with Crippen LogP contribution in [0.25, 0.3) is 0 Å². The molecule has 9 N–H and O–H groups in total. The van der Waals surface area contributed by atoms with Crippen LogP contribution in [0.1, 0.15) is 97.5 Å². The minimum absolute atomic E-state index is 0.0178. The number of unbranched alkanes of at least 4 members (excludes halogenated alkanes) is 1. The second-order valence-electron chi connectivity index (χ2n) is 21.6. The van der Waals surface area contributed by atoms with Crippen molar-refractivity contribution in [2.45, 2.75) is 152 Å². The number of amides is 9. The number of hydrogen-bond acceptors (Lipinski definition) is 19. The Hall–Kier alpha value is -7.98. The van der Waals surface area contributed by atoms with Crippen LogP contribution < -0.4 is 52.0 Å². The Balaban J connectivity index is 1.18. The molecular formula is C58H78ClN9O18. The molecule has 10 atom stereocenters. The molecule has 3 saturated heterocycles. The molecule has 2 aromatic rings. The van der Waals surface area contributed by atoms with Gasteiger partial charge in [-0.05, 0) is 89.1 Å². The third-order valence-corrected chi connectivity index (χ3v) is 15.7. The van der Waals surface area contributed by atoms with Crippen LogP contribution in [0.15, 0.2) is 66.4 Å². The maximum Gasteiger partial charge on any atom is 0.412 e. The van der Waals surface area contributed by atoms with Gasteiger partial charge in [0.25, 0.3) is 11.8 Å². The molecule has 6 rings (SSSR count). The van der Waals surface area contributed by atoms with Crippen LogP contribution in [0.5, 0.6) is 11.5 Å². The first-order chi connectivity index (χ1) is 40.7. The van der Waals surface area contributed by atoms with E-state index in [4.69, 9.17) is 55.3 Å². The lowest BCUT2D eigenvalue weighted by Crippen LogP contribution is -2.63. The number of carbonyl (C=O) groups is 9. The number of aliphatic hydroxyl groups is 1. The third kappa shape index (κ3) is 17.4. The number of urea groups is 1. The number of rotatable bonds is 23. The summed E-state index contributed by atoms with van der Waals surface area (Å²) in [5, 5.41) is 28.7. The van der Waals surface area contributed by atoms with Crippen LogP contribution in [0.4, 0.5) is 31.4 Å². The van der Waals surface area contributed by atoms with Gasteiger partial charge in [0.1, 0.15) is 52.5 Å². The lowest BCUT2D eigenvalue weighted by Gasteiger charge is -2.42. The van der Waals surface area contributed by atoms with Crippen molar-refractivity contribution in [3.05, 3.63) is 77.0 Å². The van der Waals surface area contributed by atoms with E-state index >= 15 is 0 Å². The maximum absolute atomic E-state index is 14.5. The number of benzene rings is 2. The van der Waals surface area contributed by atoms with Gasteiger partial charge in [0.2, 0.25) is 17.7 Å². The highest BCUT2D eigenvalue weighted by Gasteiger charge is 2.64. The number of hydrogen-bond donors (Lipinski definition) is 8. The van der Waals surface area contributed by atoms with Gasteiger partial charge in [-0.15, -0.1) is 5.06 Å². The molecule has 0 aliphatic carbocycles. The highest BCUT2D eigenvalue weighted by atomic mass is 35.5. The molecule has 4 aliphatic heterocycles. The van der Waals surface area contributed by atoms with Gasteiger partial charge in [-0.2, -0.15) is 0 Å². The number of primary amides is 1. The fourth-order valence-electron chi connectivity index (χ4n) is 10.3. The predicted molar refractivity (Wildman–Crippen MR) is 311 cm³/mol. The van der Waals surface area contributed by atoms with Crippen LogP contribution in [-0.2, 0) is 63.7 Å². The quantitative estimate of drug-likeness (QED) is 0.0415. The maximum atomic E-state index is 14.5. The third-order valence-electron chi connectivity index (χ3n) is 15.3. The molecule has 0 spiro atoms. The van der Waals surface area contributed by atoms with Crippen LogP contribution >= 0.6 is 11.6 Å². The summed E-state index contributed by atoms with van der Waals surface area (Å²) in [7, 11) is 7.08. The van der Waals surface area contributed by atoms with Crippen molar-refractivity contribution < 1.29 is 86.3 Å². The number of nitrogens with two attached hydrogens (primary N) is 1. The highest BCUT2D eigenvalue weighted by molar-refractivity contribution is 6.35. The van der Waals surface area contributed by atoms with Gasteiger partial charge in [0.05, 0.1) is 44.2 Å². The number of halogens is 1. The molecule has 86 heavy (non-hydrogen) atoms. The molecule has 9 amide bonds. The number of epoxide rings is 1. The summed E-state index contributed by atoms with van der Waals surface area (Å²) in [5.41, 5.74) is 4.56. The van der Waals surface area contributed by atoms with Crippen molar-refractivity contribution in [1.29, 1.82) is 0 Å². The van der Waals surface area contributed by atoms with Crippen molar-refractivity contribution in [3.63, 3.8) is 0 Å². The first kappa shape index (κ1) is 67.2. The minimum Gasteiger partial charge on any atom is -0.495 e. The normalized spacial score (nSPS) is 25.1. The summed E-state index contributed by atoms with van der Waals surface area (Å²) in [4.78, 5) is 124. The minimum atomic E-state index is -1.92. The highest BCUT2D eigenvalue weighted by Crippen LogP contribution is 2.49. The van der Waals surface area contributed by atoms with Crippen molar-refractivity contribution >= 4 is 82.4 Å². The molecule has 1 unspecified atom stereocenters. The monoisotopic (exact) mass is 1220 g/mol. The number of alkyl carbamates (subject to hydrolysis) is 1. The van der Waals surface area contributed by atoms with Crippen LogP contribution in [0.3, 0.4) is 0 Å². The molecule has 3 fully saturated rings. The zero-order valence-electron chi connectivity index (χ0n) is 49.7. The number of carbonyl (C=O) groups excluding carboxylic acids is 9. The summed E-state index contributed by atoms with van der Waals surface area (Å²) >= 11 is 6.84. The lowest BCUT2D eigenvalue weighted by molar-refractivity contribution is -0.197. The molecule has 470 valence electrons. The fourth-order valence-corrected chi connectivity index (χ4v) is 10.6. The van der Waals surface area contributed by atoms with Crippen LogP contribution in [0.2, 0.25) is 5.02 Å². The predicted octanol–water partition coefficient (Wildman–Crippen LogP) is 4.93. The van der Waals surface area contributed by atoms with E-state index in [0.29, 0.717) is 47.9 Å². The number of allylic oxidation sites excluding steroid dienone is 4. The van der Waals surface area contributed by atoms with E-state index in [2.05, 4.69) is 38.5 Å². The Morgan fingerprint density at radius 3 is 2.30 bits per heavy atom. The molecule has 4 aliphatic rings. The Kier molecular flexibility index (Phi) is 23.3. The number of methoxy groups -OCH3 is 4. The van der Waals surface area contributed by atoms with Gasteiger partial charge in [-0.1, -0.05) is 48.9 Å². The number of nitrogens with one attached hydrogen (secondary N) is 6. The van der Waals surface area contributed by atoms with Crippen molar-refractivity contribution in [2.24, 2.45) is 11.7 Å². The lowest BCUT2D eigenvalue weighted by atomic mass is 9.83. The van der Waals surface area contributed by atoms with Gasteiger partial charge < -0.3 is 75.0 Å². The van der Waals surface area contributed by atoms with E-state index in [1.807, 2.05) is 13.0 Å². The SMILES string of the molecule is C=C(CCCCC(=O)ON1C(=O)CCC1=O)N[C@H](C(=O)N[C@@H](CCCNC(N)=O)C(=O)Nc1ccc(NC(=O)O[C@H]2CC(=O)N(C)c3cc(cc(OC)c3Cl)C/C(C)=C/C=C/[C@@H](OC)[C@@]3(O)C[C@H](OC(=O)N3)[C@@H](C)[C@@H]3O[C@@]23C)c(OC)c1)C(C)OC. The summed E-state index contributed by atoms with van der Waals surface area (Å²) in [6.07, 6.45) is -0.722. The molecule has 4 bridgehead atoms. The van der Waals surface area contributed by atoms with Crippen molar-refractivity contribution in [1.82, 2.24) is 26.3 Å². The van der Waals surface area contributed by atoms with Gasteiger partial charge in [0, 0.05) is 76.9 Å². The molecule has 0 radical (unpaired) electrons. The standard InChI is InChI=1S/C58H78ClN9O18/c1-31-15-13-18-43(82-10)58(78)30-42(83-56(77)66-58)33(3)51-57(5,85-51)44(29-47(71)67(6)39-26-35(25-31)27-41(81-9)49(39)59)84-55(76)65-37-21-20-36(28-40(37)80-8)63-52(73)38(17-14-24-61-54(60)75)64-53(74)50(34(4)79-7)62-32(2)16-11-12-19-48(72)86-68-45(69)22-23-46(68)70/h13,15,18,20-21,26-28,33-34,38,42-44,50-51,62,78H,2,11-12,14,16-17,19,22-25,29-30H2,1,3-10H3,(H,63,73)(H,64,74)(H,65,76)(H,66,77)(H3,60,61,75)/b18-13+,31-15+/t33-,34?,38+,42+,43-,44+,50+,51+,57+,58+/m1/s1. The Labute approximate surface area is 503 Å². The van der Waals surface area contributed by atoms with Crippen LogP contribution in [0, 0.1) is 5.92 Å². The summed E-state index contributed by atoms with van der Waals surface area (Å²) < 4.78 is 40.6. The number of imide groups is 1. The zero-order valence-corrected chi connectivity index (χ0v) is 50.4. The Morgan fingerprint density at radius 2 is 1.64 bits per heavy atom. The number of fused-ring (bicyclic) bond motifs is 5. The van der Waals surface area contributed by atoms with Gasteiger partial charge in [-0.3, -0.25) is 34.6 Å². The molecule has 27 nitrogen and oxygen atoms in total. The average molecular weight is 1220 g/mol. The van der Waals surface area contributed by atoms with Crippen LogP contribution in [-0.4, -0.2) is 160 Å². The van der Waals surface area contributed by atoms with Gasteiger partial charge in [-0.25, -0.2) is 19.2 Å². The largest absolute Gasteiger partial charge is 0.495 e. The van der Waals surface area contributed by atoms with Gasteiger partial charge in [0.15, 0.2) is 5.72 Å². The topological polar surface area (TPSA) is 356 Å². The van der Waals surface area contributed by atoms with E-state index in [9.17, 15) is 48.3 Å². The summed E-state index contributed by atoms with van der Waals surface area (Å²) in [6.45, 7) is 11.0. The molecular weight excluding hydrogens is 1150 g/mol. The zero-order chi connectivity index (χ0) is 63.2. The molecule has 28 heteroatoms. The second kappa shape index (κ2) is 29.9. The van der Waals surface area contributed by atoms with E-state index in [0.717, 1.165) is 11.1 Å². The fraction of sp³-hybridized carbons (Fsp3) is 0.534. The number of anilines is 3. The van der Waals surface area contributed by atoms with Gasteiger partial charge >= 0.3 is 24.2 Å². The number of nitrogens with zero attached hydrogens (tertiary/aromatic N) is 2. The molecule has 2 aromatic carbocycles. The van der Waals surface area contributed by atoms with E-state index in [1.54, 1.807) is 45.1 Å². The summed E-state index contributed by atoms with van der Waals surface area (Å²) in [5.74, 6) is -4.07. The average Bonchev–Trinajstić information content (AvgIpc) is 1.63. The number of ether oxygens (including phenoxy) is 7.